The number of aromatic nitrogens is 3. The molecule has 0 radical (unpaired) electrons. The lowest BCUT2D eigenvalue weighted by Gasteiger charge is -2.40. The fourth-order valence-corrected chi connectivity index (χ4v) is 10.6. The number of pyridine rings is 1. The van der Waals surface area contributed by atoms with Crippen LogP contribution in [0.15, 0.2) is 65.5 Å². The second-order valence-electron chi connectivity index (χ2n) is 16.5. The number of nitrogens with one attached hydrogen (secondary N) is 3. The van der Waals surface area contributed by atoms with E-state index >= 15 is 4.39 Å². The van der Waals surface area contributed by atoms with Crippen LogP contribution in [-0.2, 0) is 16.6 Å². The highest BCUT2D eigenvalue weighted by atomic mass is 32.1. The van der Waals surface area contributed by atoms with Crippen molar-refractivity contribution >= 4 is 78.1 Å². The third kappa shape index (κ3) is 6.69. The number of fused-ring (bicyclic) bond motifs is 6. The Kier molecular flexibility index (Phi) is 9.39. The summed E-state index contributed by atoms with van der Waals surface area (Å²) in [6.07, 6.45) is 2.66. The van der Waals surface area contributed by atoms with Gasteiger partial charge in [-0.15, -0.1) is 11.3 Å². The molecule has 0 bridgehead atoms. The van der Waals surface area contributed by atoms with Gasteiger partial charge in [-0.25, -0.2) is 14.2 Å². The van der Waals surface area contributed by atoms with E-state index in [1.165, 1.54) is 15.9 Å². The van der Waals surface area contributed by atoms with E-state index in [-0.39, 0.29) is 35.8 Å². The fraction of sp³-hybridized carbons (Fsp3) is 0.386. The van der Waals surface area contributed by atoms with E-state index in [1.54, 1.807) is 17.7 Å². The first kappa shape index (κ1) is 37.5. The summed E-state index contributed by atoms with van der Waals surface area (Å²) in [4.78, 5) is 63.1. The van der Waals surface area contributed by atoms with E-state index in [1.807, 2.05) is 61.5 Å². The number of aryl methyl sites for hydroxylation is 1. The summed E-state index contributed by atoms with van der Waals surface area (Å²) in [7, 11) is 1.73. The highest BCUT2D eigenvalue weighted by Crippen LogP contribution is 2.41. The van der Waals surface area contributed by atoms with Gasteiger partial charge in [0, 0.05) is 104 Å². The van der Waals surface area contributed by atoms with Crippen molar-refractivity contribution in [3.05, 3.63) is 81.8 Å². The third-order valence-corrected chi connectivity index (χ3v) is 13.9. The van der Waals surface area contributed by atoms with Gasteiger partial charge in [0.05, 0.1) is 27.9 Å². The molecule has 3 amide bonds. The summed E-state index contributed by atoms with van der Waals surface area (Å²) in [5.41, 5.74) is 5.80. The minimum atomic E-state index is -0.695. The summed E-state index contributed by atoms with van der Waals surface area (Å²) < 4.78 is 20.0. The van der Waals surface area contributed by atoms with Gasteiger partial charge >= 0.3 is 5.69 Å². The Hall–Kier alpha value is -5.80. The molecule has 0 spiro atoms. The molecule has 10 rings (SSSR count). The van der Waals surface area contributed by atoms with Gasteiger partial charge < -0.3 is 20.4 Å². The Labute approximate surface area is 343 Å². The number of carbonyl (C=O) groups excluding carboxylic acids is 3. The number of amides is 3. The van der Waals surface area contributed by atoms with Crippen LogP contribution >= 0.6 is 11.3 Å². The molecular weight excluding hydrogens is 770 g/mol. The SMILES string of the molecule is C[C@@H]1CNc2c(sc3ccc4nc(-c5ccc(N6CCN(CC7CCN(c8ccc9c(c8)n(C)c(=O)n9C8CCC(=O)NC8=O)CC7)CC6)cc5F)ccc4c23)C(=O)N1. The van der Waals surface area contributed by atoms with E-state index in [9.17, 15) is 19.2 Å². The number of carbonyl (C=O) groups is 3. The average molecular weight is 816 g/mol. The zero-order chi connectivity index (χ0) is 40.5. The van der Waals surface area contributed by atoms with E-state index < -0.39 is 11.9 Å². The van der Waals surface area contributed by atoms with Crippen LogP contribution in [0, 0.1) is 11.7 Å². The number of piperidine rings is 2. The van der Waals surface area contributed by atoms with Crippen LogP contribution in [0.1, 0.15) is 48.3 Å². The quantitative estimate of drug-likeness (QED) is 0.187. The minimum absolute atomic E-state index is 0.0231. The monoisotopic (exact) mass is 815 g/mol. The number of imide groups is 1. The summed E-state index contributed by atoms with van der Waals surface area (Å²) >= 11 is 1.47. The van der Waals surface area contributed by atoms with Crippen molar-refractivity contribution in [2.45, 2.75) is 44.7 Å². The van der Waals surface area contributed by atoms with E-state index in [0.29, 0.717) is 40.5 Å². The first-order valence-corrected chi connectivity index (χ1v) is 21.4. The fourth-order valence-electron chi connectivity index (χ4n) is 9.49. The number of piperazine rings is 1. The topological polar surface area (TPSA) is 137 Å². The van der Waals surface area contributed by atoms with Crippen molar-refractivity contribution in [3.63, 3.8) is 0 Å². The normalized spacial score (nSPS) is 20.8. The Balaban J connectivity index is 0.755. The van der Waals surface area contributed by atoms with Gasteiger partial charge in [-0.2, -0.15) is 0 Å². The molecule has 59 heavy (non-hydrogen) atoms. The third-order valence-electron chi connectivity index (χ3n) is 12.7. The van der Waals surface area contributed by atoms with E-state index in [2.05, 4.69) is 30.7 Å². The molecule has 15 heteroatoms. The van der Waals surface area contributed by atoms with Crippen molar-refractivity contribution in [1.82, 2.24) is 29.7 Å². The maximum Gasteiger partial charge on any atom is 0.329 e. The number of hydrogen-bond acceptors (Lipinski definition) is 10. The van der Waals surface area contributed by atoms with Crippen molar-refractivity contribution in [2.75, 3.05) is 67.5 Å². The lowest BCUT2D eigenvalue weighted by molar-refractivity contribution is -0.135. The van der Waals surface area contributed by atoms with E-state index in [0.717, 1.165) is 102 Å². The summed E-state index contributed by atoms with van der Waals surface area (Å²) in [5, 5.41) is 10.8. The summed E-state index contributed by atoms with van der Waals surface area (Å²) in [6.45, 7) is 8.99. The van der Waals surface area contributed by atoms with Gasteiger partial charge in [-0.05, 0) is 92.8 Å². The van der Waals surface area contributed by atoms with Crippen LogP contribution in [0.25, 0.3) is 43.3 Å². The van der Waals surface area contributed by atoms with Gasteiger partial charge in [0.1, 0.15) is 16.7 Å². The molecule has 0 saturated carbocycles. The molecule has 1 unspecified atom stereocenters. The van der Waals surface area contributed by atoms with Crippen molar-refractivity contribution in [1.29, 1.82) is 0 Å². The highest BCUT2D eigenvalue weighted by molar-refractivity contribution is 7.21. The molecule has 4 aliphatic heterocycles. The predicted octanol–water partition coefficient (Wildman–Crippen LogP) is 5.47. The zero-order valence-electron chi connectivity index (χ0n) is 33.1. The van der Waals surface area contributed by atoms with Gasteiger partial charge in [-0.1, -0.05) is 0 Å². The zero-order valence-corrected chi connectivity index (χ0v) is 33.9. The first-order valence-electron chi connectivity index (χ1n) is 20.6. The van der Waals surface area contributed by atoms with Gasteiger partial charge in [0.25, 0.3) is 5.91 Å². The molecule has 0 aliphatic carbocycles. The maximum atomic E-state index is 15.8. The molecule has 3 saturated heterocycles. The van der Waals surface area contributed by atoms with Crippen molar-refractivity contribution < 1.29 is 18.8 Å². The Bertz CT molecular complexity index is 2740. The molecule has 3 aromatic carbocycles. The number of halogens is 1. The lowest BCUT2D eigenvalue weighted by atomic mass is 9.95. The molecule has 4 aliphatic rings. The van der Waals surface area contributed by atoms with Crippen LogP contribution in [-0.4, -0.2) is 95.1 Å². The standard InChI is InChI=1S/C44H46FN9O4S/c1-25-23-46-40-39-30-6-7-32(48-33(30)8-11-37(39)59-41(40)43(57)47-25)29-5-3-27(21-31(29)45)53-19-17-51(18-20-53)24-26-13-15-52(16-14-26)28-4-9-34-36(22-28)50(2)44(58)54(34)35-10-12-38(55)49-42(35)56/h3-9,11,21-22,25-26,35,46H,10,12-20,23-24H2,1-2H3,(H,47,57)(H,49,55,56)/t25-,35?/m1/s1. The van der Waals surface area contributed by atoms with Crippen LogP contribution in [0.5, 0.6) is 0 Å². The predicted molar refractivity (Wildman–Crippen MR) is 230 cm³/mol. The molecular formula is C44H46FN9O4S. The molecule has 304 valence electrons. The number of benzene rings is 3. The lowest BCUT2D eigenvalue weighted by Crippen LogP contribution is -2.49. The number of rotatable bonds is 6. The molecule has 2 atom stereocenters. The van der Waals surface area contributed by atoms with E-state index in [4.69, 9.17) is 4.98 Å². The largest absolute Gasteiger partial charge is 0.381 e. The second-order valence-corrected chi connectivity index (χ2v) is 17.5. The van der Waals surface area contributed by atoms with Gasteiger partial charge in [0.15, 0.2) is 0 Å². The smallest absolute Gasteiger partial charge is 0.329 e. The van der Waals surface area contributed by atoms with Crippen molar-refractivity contribution in [3.8, 4) is 11.3 Å². The van der Waals surface area contributed by atoms with Crippen LogP contribution in [0.2, 0.25) is 0 Å². The molecule has 6 aromatic rings. The van der Waals surface area contributed by atoms with Gasteiger partial charge in [0.2, 0.25) is 11.8 Å². The molecule has 13 nitrogen and oxygen atoms in total. The first-order chi connectivity index (χ1) is 28.6. The van der Waals surface area contributed by atoms with Crippen LogP contribution < -0.4 is 31.4 Å². The van der Waals surface area contributed by atoms with Gasteiger partial charge in [-0.3, -0.25) is 33.7 Å². The highest BCUT2D eigenvalue weighted by Gasteiger charge is 2.32. The van der Waals surface area contributed by atoms with Crippen LogP contribution in [0.3, 0.4) is 0 Å². The number of nitrogens with zero attached hydrogens (tertiary/aromatic N) is 6. The molecule has 3 aromatic heterocycles. The van der Waals surface area contributed by atoms with Crippen molar-refractivity contribution in [2.24, 2.45) is 13.0 Å². The average Bonchev–Trinajstić information content (AvgIpc) is 3.69. The molecule has 7 heterocycles. The molecule has 3 fully saturated rings. The minimum Gasteiger partial charge on any atom is -0.381 e. The van der Waals surface area contributed by atoms with Crippen LogP contribution in [0.4, 0.5) is 21.5 Å². The summed E-state index contributed by atoms with van der Waals surface area (Å²) in [5.74, 6) is -0.512. The second kappa shape index (κ2) is 14.8. The number of hydrogen-bond donors (Lipinski definition) is 3. The molecule has 3 N–H and O–H groups in total. The number of imidazole rings is 1. The Morgan fingerprint density at radius 1 is 0.847 bits per heavy atom. The number of thiophene rings is 1. The Morgan fingerprint density at radius 3 is 2.39 bits per heavy atom. The Morgan fingerprint density at radius 2 is 1.61 bits per heavy atom. The number of anilines is 3. The summed E-state index contributed by atoms with van der Waals surface area (Å²) in [6, 6.07) is 18.6. The maximum absolute atomic E-state index is 15.8.